The van der Waals surface area contributed by atoms with E-state index in [4.69, 9.17) is 4.74 Å². The number of rotatable bonds is 6. The summed E-state index contributed by atoms with van der Waals surface area (Å²) in [6.45, 7) is -0.598. The number of Topliss-reactive ketones (excluding diaryl/α,β-unsaturated/α-hetero) is 1. The first-order chi connectivity index (χ1) is 10.6. The highest BCUT2D eigenvalue weighted by molar-refractivity contribution is 14.1. The van der Waals surface area contributed by atoms with Crippen molar-refractivity contribution in [2.24, 2.45) is 0 Å². The summed E-state index contributed by atoms with van der Waals surface area (Å²) < 4.78 is 5.64. The van der Waals surface area contributed by atoms with Crippen LogP contribution in [-0.2, 0) is 9.53 Å². The largest absolute Gasteiger partial charge is 0.456 e. The lowest BCUT2D eigenvalue weighted by Crippen LogP contribution is -2.31. The molecule has 0 fully saturated rings. The van der Waals surface area contributed by atoms with Gasteiger partial charge in [-0.3, -0.25) is 14.4 Å². The van der Waals surface area contributed by atoms with E-state index in [0.717, 1.165) is 3.57 Å². The van der Waals surface area contributed by atoms with E-state index in [2.05, 4.69) is 5.32 Å². The van der Waals surface area contributed by atoms with Crippen LogP contribution in [0.4, 0.5) is 0 Å². The van der Waals surface area contributed by atoms with Crippen molar-refractivity contribution in [3.63, 3.8) is 0 Å². The fourth-order valence-electron chi connectivity index (χ4n) is 1.60. The van der Waals surface area contributed by atoms with Crippen molar-refractivity contribution in [2.75, 3.05) is 13.2 Å². The van der Waals surface area contributed by atoms with Crippen molar-refractivity contribution >= 4 is 51.6 Å². The van der Waals surface area contributed by atoms with Crippen molar-refractivity contribution in [1.29, 1.82) is 0 Å². The number of halogens is 1. The molecule has 1 heterocycles. The summed E-state index contributed by atoms with van der Waals surface area (Å²) in [6.07, 6.45) is 0. The Balaban J connectivity index is 1.77. The molecule has 0 unspecified atom stereocenters. The molecular formula is C15H12INO4S. The molecule has 0 radical (unpaired) electrons. The number of esters is 1. The monoisotopic (exact) mass is 429 g/mol. The lowest BCUT2D eigenvalue weighted by Gasteiger charge is -2.07. The molecule has 7 heteroatoms. The van der Waals surface area contributed by atoms with E-state index in [-0.39, 0.29) is 24.8 Å². The first kappa shape index (κ1) is 16.6. The Labute approximate surface area is 144 Å². The third-order valence-corrected chi connectivity index (χ3v) is 4.52. The molecule has 1 aromatic carbocycles. The zero-order valence-electron chi connectivity index (χ0n) is 11.4. The van der Waals surface area contributed by atoms with E-state index in [1.165, 1.54) is 11.3 Å². The molecule has 1 amide bonds. The molecule has 22 heavy (non-hydrogen) atoms. The predicted octanol–water partition coefficient (Wildman–Crippen LogP) is 2.51. The predicted molar refractivity (Wildman–Crippen MR) is 91.1 cm³/mol. The average Bonchev–Trinajstić information content (AvgIpc) is 3.05. The first-order valence-corrected chi connectivity index (χ1v) is 8.29. The smallest absolute Gasteiger partial charge is 0.325 e. The van der Waals surface area contributed by atoms with Crippen LogP contribution in [0.5, 0.6) is 0 Å². The van der Waals surface area contributed by atoms with Crippen LogP contribution in [0.1, 0.15) is 20.0 Å². The number of carbonyl (C=O) groups is 3. The minimum absolute atomic E-state index is 0.257. The van der Waals surface area contributed by atoms with Crippen LogP contribution in [0.25, 0.3) is 0 Å². The molecule has 0 aliphatic carbocycles. The van der Waals surface area contributed by atoms with Crippen LogP contribution in [0.2, 0.25) is 0 Å². The summed E-state index contributed by atoms with van der Waals surface area (Å²) in [6, 6.07) is 10.5. The average molecular weight is 429 g/mol. The molecule has 0 aliphatic heterocycles. The van der Waals surface area contributed by atoms with Crippen LogP contribution in [0.3, 0.4) is 0 Å². The molecule has 2 aromatic rings. The van der Waals surface area contributed by atoms with Gasteiger partial charge in [0.2, 0.25) is 5.78 Å². The van der Waals surface area contributed by atoms with Gasteiger partial charge in [-0.1, -0.05) is 18.2 Å². The first-order valence-electron chi connectivity index (χ1n) is 6.33. The summed E-state index contributed by atoms with van der Waals surface area (Å²) in [5.41, 5.74) is 0.491. The Bertz CT molecular complexity index is 685. The number of nitrogens with one attached hydrogen (secondary N) is 1. The van der Waals surface area contributed by atoms with Gasteiger partial charge in [0.15, 0.2) is 6.61 Å². The number of thiophene rings is 1. The molecule has 0 aliphatic rings. The maximum atomic E-state index is 11.9. The third-order valence-electron chi connectivity index (χ3n) is 2.67. The zero-order valence-corrected chi connectivity index (χ0v) is 14.3. The minimum atomic E-state index is -0.649. The van der Waals surface area contributed by atoms with Gasteiger partial charge in [-0.05, 0) is 46.2 Å². The van der Waals surface area contributed by atoms with Gasteiger partial charge in [-0.25, -0.2) is 0 Å². The van der Waals surface area contributed by atoms with Crippen molar-refractivity contribution in [1.82, 2.24) is 5.32 Å². The molecular weight excluding hydrogens is 417 g/mol. The molecule has 2 rings (SSSR count). The summed E-state index contributed by atoms with van der Waals surface area (Å²) in [5, 5.41) is 4.25. The van der Waals surface area contributed by atoms with E-state index < -0.39 is 5.97 Å². The molecule has 0 bridgehead atoms. The number of benzene rings is 1. The number of ether oxygens (including phenoxy) is 1. The normalized spacial score (nSPS) is 10.0. The van der Waals surface area contributed by atoms with Crippen molar-refractivity contribution in [2.45, 2.75) is 0 Å². The second-order valence-electron chi connectivity index (χ2n) is 4.22. The van der Waals surface area contributed by atoms with Crippen molar-refractivity contribution < 1.29 is 19.1 Å². The zero-order chi connectivity index (χ0) is 15.9. The van der Waals surface area contributed by atoms with E-state index in [9.17, 15) is 14.4 Å². The maximum Gasteiger partial charge on any atom is 0.325 e. The van der Waals surface area contributed by atoms with Gasteiger partial charge < -0.3 is 10.1 Å². The second kappa shape index (κ2) is 8.04. The Morgan fingerprint density at radius 1 is 1.14 bits per heavy atom. The Hall–Kier alpha value is -1.74. The standard InChI is InChI=1S/C15H12INO4S/c16-11-5-2-1-4-10(11)15(20)17-8-14(19)21-9-12(18)13-6-3-7-22-13/h1-7H,8-9H2,(H,17,20). The van der Waals surface area contributed by atoms with Gasteiger partial charge in [-0.15, -0.1) is 11.3 Å². The van der Waals surface area contributed by atoms with E-state index in [0.29, 0.717) is 10.4 Å². The van der Waals surface area contributed by atoms with Gasteiger partial charge in [0.05, 0.1) is 10.4 Å². The highest BCUT2D eigenvalue weighted by atomic mass is 127. The third kappa shape index (κ3) is 4.63. The van der Waals surface area contributed by atoms with Gasteiger partial charge in [0.25, 0.3) is 5.91 Å². The van der Waals surface area contributed by atoms with Crippen LogP contribution in [0, 0.1) is 3.57 Å². The minimum Gasteiger partial charge on any atom is -0.456 e. The number of ketones is 1. The van der Waals surface area contributed by atoms with Crippen molar-refractivity contribution in [3.8, 4) is 0 Å². The van der Waals surface area contributed by atoms with E-state index in [1.807, 2.05) is 28.7 Å². The van der Waals surface area contributed by atoms with Crippen molar-refractivity contribution in [3.05, 3.63) is 55.8 Å². The van der Waals surface area contributed by atoms with E-state index >= 15 is 0 Å². The van der Waals surface area contributed by atoms with Crippen LogP contribution in [-0.4, -0.2) is 30.8 Å². The highest BCUT2D eigenvalue weighted by Gasteiger charge is 2.13. The topological polar surface area (TPSA) is 72.5 Å². The molecule has 0 saturated heterocycles. The van der Waals surface area contributed by atoms with Crippen LogP contribution >= 0.6 is 33.9 Å². The number of hydrogen-bond acceptors (Lipinski definition) is 5. The fraction of sp³-hybridized carbons (Fsp3) is 0.133. The van der Waals surface area contributed by atoms with E-state index in [1.54, 1.807) is 35.7 Å². The number of amides is 1. The molecule has 5 nitrogen and oxygen atoms in total. The highest BCUT2D eigenvalue weighted by Crippen LogP contribution is 2.11. The van der Waals surface area contributed by atoms with Crippen LogP contribution in [0.15, 0.2) is 41.8 Å². The summed E-state index contributed by atoms with van der Waals surface area (Å²) >= 11 is 3.33. The molecule has 0 spiro atoms. The number of carbonyl (C=O) groups excluding carboxylic acids is 3. The van der Waals surface area contributed by atoms with Gasteiger partial charge in [-0.2, -0.15) is 0 Å². The Kier molecular flexibility index (Phi) is 6.08. The molecule has 0 atom stereocenters. The summed E-state index contributed by atoms with van der Waals surface area (Å²) in [5.74, 6) is -1.26. The lowest BCUT2D eigenvalue weighted by molar-refractivity contribution is -0.141. The fourth-order valence-corrected chi connectivity index (χ4v) is 2.88. The molecule has 1 N–H and O–H groups in total. The number of hydrogen-bond donors (Lipinski definition) is 1. The Morgan fingerprint density at radius 3 is 2.59 bits per heavy atom. The SMILES string of the molecule is O=C(CNC(=O)c1ccccc1I)OCC(=O)c1cccs1. The summed E-state index contributed by atoms with van der Waals surface area (Å²) in [4.78, 5) is 35.7. The van der Waals surface area contributed by atoms with Crippen LogP contribution < -0.4 is 5.32 Å². The summed E-state index contributed by atoms with van der Waals surface area (Å²) in [7, 11) is 0. The quantitative estimate of drug-likeness (QED) is 0.435. The van der Waals surface area contributed by atoms with Gasteiger partial charge in [0.1, 0.15) is 6.54 Å². The molecule has 0 saturated carbocycles. The second-order valence-corrected chi connectivity index (χ2v) is 6.33. The van der Waals surface area contributed by atoms with Gasteiger partial charge >= 0.3 is 5.97 Å². The molecule has 114 valence electrons. The van der Waals surface area contributed by atoms with Gasteiger partial charge in [0, 0.05) is 3.57 Å². The molecule has 1 aromatic heterocycles. The maximum absolute atomic E-state index is 11.9. The lowest BCUT2D eigenvalue weighted by atomic mass is 10.2. The Morgan fingerprint density at radius 2 is 1.91 bits per heavy atom.